The summed E-state index contributed by atoms with van der Waals surface area (Å²) in [6, 6.07) is 4.03. The van der Waals surface area contributed by atoms with E-state index < -0.39 is 0 Å². The minimum absolute atomic E-state index is 0.0141. The van der Waals surface area contributed by atoms with Gasteiger partial charge >= 0.3 is 0 Å². The predicted molar refractivity (Wildman–Crippen MR) is 106 cm³/mol. The molecule has 2 heterocycles. The minimum atomic E-state index is -0.0141. The summed E-state index contributed by atoms with van der Waals surface area (Å²) < 4.78 is 5.80. The Hall–Kier alpha value is -1.11. The van der Waals surface area contributed by atoms with Gasteiger partial charge < -0.3 is 10.1 Å². The molecule has 0 aromatic carbocycles. The van der Waals surface area contributed by atoms with Gasteiger partial charge in [-0.05, 0) is 45.7 Å². The van der Waals surface area contributed by atoms with E-state index in [0.29, 0.717) is 17.4 Å². The second-order valence-electron chi connectivity index (χ2n) is 7.65. The van der Waals surface area contributed by atoms with Crippen LogP contribution < -0.4 is 5.32 Å². The van der Waals surface area contributed by atoms with Crippen LogP contribution in [0, 0.1) is 0 Å². The molecule has 1 aromatic heterocycles. The van der Waals surface area contributed by atoms with Crippen molar-refractivity contribution in [3.05, 3.63) is 23.9 Å². The molecule has 1 N–H and O–H groups in total. The molecule has 0 spiro atoms. The largest absolute Gasteiger partial charge is 0.373 e. The number of morpholine rings is 1. The Morgan fingerprint density at radius 2 is 2.04 bits per heavy atom. The number of carbonyl (C=O) groups excluding carboxylic acids is 1. The third-order valence-electron chi connectivity index (χ3n) is 5.23. The number of rotatable bonds is 6. The van der Waals surface area contributed by atoms with Crippen molar-refractivity contribution >= 4 is 17.7 Å². The predicted octanol–water partition coefficient (Wildman–Crippen LogP) is 3.34. The molecule has 2 aliphatic rings. The van der Waals surface area contributed by atoms with Crippen LogP contribution in [0.4, 0.5) is 0 Å². The van der Waals surface area contributed by atoms with E-state index >= 15 is 0 Å². The number of hydrogen-bond acceptors (Lipinski definition) is 5. The van der Waals surface area contributed by atoms with Crippen LogP contribution in [0.2, 0.25) is 0 Å². The Labute approximate surface area is 161 Å². The monoisotopic (exact) mass is 377 g/mol. The lowest BCUT2D eigenvalue weighted by Crippen LogP contribution is -2.52. The smallest absolute Gasteiger partial charge is 0.254 e. The van der Waals surface area contributed by atoms with Crippen LogP contribution in [-0.4, -0.2) is 58.9 Å². The van der Waals surface area contributed by atoms with Crippen molar-refractivity contribution in [2.45, 2.75) is 75.0 Å². The van der Waals surface area contributed by atoms with E-state index in [9.17, 15) is 4.79 Å². The number of thioether (sulfide) groups is 1. The average Bonchev–Trinajstić information content (AvgIpc) is 3.12. The SMILES string of the molecule is C[C@@H]1CN([C@H](C)CNC(=O)c2cccnc2SC2CCCC2)C[C@H](C)O1. The number of amides is 1. The van der Waals surface area contributed by atoms with Crippen molar-refractivity contribution in [1.82, 2.24) is 15.2 Å². The molecule has 3 rings (SSSR count). The number of pyridine rings is 1. The lowest BCUT2D eigenvalue weighted by Gasteiger charge is -2.39. The quantitative estimate of drug-likeness (QED) is 0.824. The van der Waals surface area contributed by atoms with Crippen LogP contribution in [0.3, 0.4) is 0 Å². The maximum atomic E-state index is 12.7. The van der Waals surface area contributed by atoms with Gasteiger partial charge in [-0.3, -0.25) is 9.69 Å². The highest BCUT2D eigenvalue weighted by Crippen LogP contribution is 2.35. The maximum Gasteiger partial charge on any atom is 0.254 e. The summed E-state index contributed by atoms with van der Waals surface area (Å²) in [5, 5.41) is 4.59. The first-order chi connectivity index (χ1) is 12.5. The van der Waals surface area contributed by atoms with E-state index in [1.165, 1.54) is 25.7 Å². The molecule has 5 nitrogen and oxygen atoms in total. The number of ether oxygens (including phenoxy) is 1. The molecule has 1 aliphatic heterocycles. The number of carbonyl (C=O) groups is 1. The topological polar surface area (TPSA) is 54.5 Å². The highest BCUT2D eigenvalue weighted by molar-refractivity contribution is 7.99. The van der Waals surface area contributed by atoms with E-state index in [1.54, 1.807) is 18.0 Å². The van der Waals surface area contributed by atoms with Crippen molar-refractivity contribution in [1.29, 1.82) is 0 Å². The summed E-state index contributed by atoms with van der Waals surface area (Å²) in [6.07, 6.45) is 7.31. The van der Waals surface area contributed by atoms with Gasteiger partial charge in [-0.15, -0.1) is 11.8 Å². The normalized spacial score (nSPS) is 26.0. The third kappa shape index (κ3) is 5.21. The summed E-state index contributed by atoms with van der Waals surface area (Å²) in [6.45, 7) is 8.85. The van der Waals surface area contributed by atoms with Crippen LogP contribution >= 0.6 is 11.8 Å². The molecule has 1 saturated heterocycles. The summed E-state index contributed by atoms with van der Waals surface area (Å²) in [4.78, 5) is 19.6. The molecule has 1 saturated carbocycles. The second-order valence-corrected chi connectivity index (χ2v) is 8.94. The van der Waals surface area contributed by atoms with Gasteiger partial charge in [-0.1, -0.05) is 12.8 Å². The lowest BCUT2D eigenvalue weighted by atomic mass is 10.1. The molecule has 0 radical (unpaired) electrons. The average molecular weight is 378 g/mol. The first kappa shape index (κ1) is 19.6. The number of hydrogen-bond donors (Lipinski definition) is 1. The van der Waals surface area contributed by atoms with Gasteiger partial charge in [-0.2, -0.15) is 0 Å². The van der Waals surface area contributed by atoms with Crippen molar-refractivity contribution in [2.75, 3.05) is 19.6 Å². The summed E-state index contributed by atoms with van der Waals surface area (Å²) in [7, 11) is 0. The molecule has 6 heteroatoms. The molecular weight excluding hydrogens is 346 g/mol. The summed E-state index contributed by atoms with van der Waals surface area (Å²) in [5.41, 5.74) is 0.709. The van der Waals surface area contributed by atoms with E-state index in [-0.39, 0.29) is 24.2 Å². The van der Waals surface area contributed by atoms with E-state index in [4.69, 9.17) is 4.74 Å². The maximum absolute atomic E-state index is 12.7. The van der Waals surface area contributed by atoms with Gasteiger partial charge in [-0.25, -0.2) is 4.98 Å². The standard InChI is InChI=1S/C20H31N3O2S/c1-14(23-12-15(2)25-16(3)13-23)11-22-19(24)18-9-6-10-21-20(18)26-17-7-4-5-8-17/h6,9-10,14-17H,4-5,7-8,11-13H2,1-3H3,(H,22,24)/t14-,15-,16+/m1/s1. The van der Waals surface area contributed by atoms with Gasteiger partial charge in [0.25, 0.3) is 5.91 Å². The molecule has 0 unspecified atom stereocenters. The van der Waals surface area contributed by atoms with Crippen LogP contribution in [0.5, 0.6) is 0 Å². The van der Waals surface area contributed by atoms with Gasteiger partial charge in [0, 0.05) is 37.1 Å². The molecular formula is C20H31N3O2S. The number of nitrogens with one attached hydrogen (secondary N) is 1. The fourth-order valence-electron chi connectivity index (χ4n) is 3.86. The molecule has 0 bridgehead atoms. The Morgan fingerprint density at radius 1 is 1.35 bits per heavy atom. The zero-order valence-corrected chi connectivity index (χ0v) is 16.9. The van der Waals surface area contributed by atoms with Crippen molar-refractivity contribution in [2.24, 2.45) is 0 Å². The fraction of sp³-hybridized carbons (Fsp3) is 0.700. The highest BCUT2D eigenvalue weighted by Gasteiger charge is 2.26. The van der Waals surface area contributed by atoms with Crippen molar-refractivity contribution in [3.63, 3.8) is 0 Å². The highest BCUT2D eigenvalue weighted by atomic mass is 32.2. The molecule has 1 aromatic rings. The van der Waals surface area contributed by atoms with E-state index in [1.807, 2.05) is 12.1 Å². The Balaban J connectivity index is 1.56. The molecule has 1 aliphatic carbocycles. The minimum Gasteiger partial charge on any atom is -0.373 e. The van der Waals surface area contributed by atoms with Gasteiger partial charge in [0.05, 0.1) is 17.8 Å². The Bertz CT molecular complexity index is 596. The first-order valence-electron chi connectivity index (χ1n) is 9.82. The molecule has 1 amide bonds. The second kappa shape index (κ2) is 9.20. The Morgan fingerprint density at radius 3 is 2.73 bits per heavy atom. The summed E-state index contributed by atoms with van der Waals surface area (Å²) in [5.74, 6) is -0.0141. The van der Waals surface area contributed by atoms with Crippen LogP contribution in [-0.2, 0) is 4.74 Å². The van der Waals surface area contributed by atoms with E-state index in [0.717, 1.165) is 18.1 Å². The van der Waals surface area contributed by atoms with Crippen LogP contribution in [0.15, 0.2) is 23.4 Å². The lowest BCUT2D eigenvalue weighted by molar-refractivity contribution is -0.0778. The van der Waals surface area contributed by atoms with Crippen LogP contribution in [0.1, 0.15) is 56.8 Å². The Kier molecular flexibility index (Phi) is 6.95. The van der Waals surface area contributed by atoms with Gasteiger partial charge in [0.2, 0.25) is 0 Å². The van der Waals surface area contributed by atoms with Crippen LogP contribution in [0.25, 0.3) is 0 Å². The van der Waals surface area contributed by atoms with Gasteiger partial charge in [0.1, 0.15) is 5.03 Å². The fourth-order valence-corrected chi connectivity index (χ4v) is 5.16. The van der Waals surface area contributed by atoms with E-state index in [2.05, 4.69) is 36.0 Å². The zero-order chi connectivity index (χ0) is 18.5. The molecule has 26 heavy (non-hydrogen) atoms. The number of aromatic nitrogens is 1. The van der Waals surface area contributed by atoms with Crippen molar-refractivity contribution < 1.29 is 9.53 Å². The molecule has 3 atom stereocenters. The summed E-state index contributed by atoms with van der Waals surface area (Å²) >= 11 is 1.77. The molecule has 2 fully saturated rings. The molecule has 144 valence electrons. The zero-order valence-electron chi connectivity index (χ0n) is 16.1. The number of nitrogens with zero attached hydrogens (tertiary/aromatic N) is 2. The van der Waals surface area contributed by atoms with Gasteiger partial charge in [0.15, 0.2) is 0 Å². The third-order valence-corrected chi connectivity index (χ3v) is 6.58. The first-order valence-corrected chi connectivity index (χ1v) is 10.7. The van der Waals surface area contributed by atoms with Crippen molar-refractivity contribution in [3.8, 4) is 0 Å².